The summed E-state index contributed by atoms with van der Waals surface area (Å²) in [5.41, 5.74) is 1.24. The lowest BCUT2D eigenvalue weighted by molar-refractivity contribution is -0.128. The van der Waals surface area contributed by atoms with Crippen LogP contribution in [0.3, 0.4) is 0 Å². The number of halogens is 2. The first-order valence-corrected chi connectivity index (χ1v) is 9.68. The average molecular weight is 421 g/mol. The van der Waals surface area contributed by atoms with Crippen LogP contribution in [0.4, 0.5) is 11.4 Å². The Labute approximate surface area is 174 Å². The van der Waals surface area contributed by atoms with E-state index in [1.807, 2.05) is 24.3 Å². The molecule has 3 rings (SSSR count). The summed E-state index contributed by atoms with van der Waals surface area (Å²) in [7, 11) is 0. The number of rotatable bonds is 6. The maximum Gasteiger partial charge on any atom is 0.267 e. The van der Waals surface area contributed by atoms with Gasteiger partial charge in [0.15, 0.2) is 5.60 Å². The minimum atomic E-state index is -1.08. The topological polar surface area (TPSA) is 67.4 Å². The van der Waals surface area contributed by atoms with E-state index in [1.54, 1.807) is 38.1 Å². The first kappa shape index (κ1) is 20.5. The van der Waals surface area contributed by atoms with Crippen LogP contribution in [0.2, 0.25) is 0 Å². The Morgan fingerprint density at radius 2 is 1.50 bits per heavy atom. The quantitative estimate of drug-likeness (QED) is 0.638. The number of carbonyl (C=O) groups excluding carboxylic acids is 2. The van der Waals surface area contributed by atoms with Gasteiger partial charge in [0.2, 0.25) is 5.91 Å². The van der Waals surface area contributed by atoms with Crippen LogP contribution in [0.15, 0.2) is 48.5 Å². The number of nitrogens with one attached hydrogen (secondary N) is 2. The van der Waals surface area contributed by atoms with Crippen molar-refractivity contribution in [2.75, 3.05) is 10.6 Å². The maximum atomic E-state index is 12.6. The van der Waals surface area contributed by atoms with Gasteiger partial charge in [0.25, 0.3) is 5.91 Å². The fraction of sp³-hybridized carbons (Fsp3) is 0.333. The molecule has 148 valence electrons. The predicted molar refractivity (Wildman–Crippen MR) is 112 cm³/mol. The number of alkyl halides is 2. The highest BCUT2D eigenvalue weighted by atomic mass is 35.5. The fourth-order valence-electron chi connectivity index (χ4n) is 2.81. The molecule has 1 atom stereocenters. The van der Waals surface area contributed by atoms with Crippen molar-refractivity contribution in [1.82, 2.24) is 0 Å². The molecule has 2 N–H and O–H groups in total. The molecule has 0 saturated heterocycles. The Morgan fingerprint density at radius 1 is 1.00 bits per heavy atom. The van der Waals surface area contributed by atoms with Crippen LogP contribution in [0.5, 0.6) is 5.75 Å². The second-order valence-electron chi connectivity index (χ2n) is 7.41. The van der Waals surface area contributed by atoms with Crippen molar-refractivity contribution in [3.8, 4) is 5.75 Å². The van der Waals surface area contributed by atoms with Gasteiger partial charge in [-0.2, -0.15) is 0 Å². The molecule has 0 heterocycles. The van der Waals surface area contributed by atoms with E-state index in [4.69, 9.17) is 27.9 Å². The van der Waals surface area contributed by atoms with Gasteiger partial charge < -0.3 is 15.4 Å². The molecule has 1 aliphatic rings. The second-order valence-corrected chi connectivity index (χ2v) is 8.95. The van der Waals surface area contributed by atoms with Gasteiger partial charge in [-0.05, 0) is 62.2 Å². The maximum absolute atomic E-state index is 12.6. The standard InChI is InChI=1S/C21H22Cl2N2O3/c1-13(26)24-15-6-8-16(9-7-15)25-19(27)20(2,3)28-17-10-4-14(5-11-17)18-12-21(18,22)23/h4-11,18H,12H2,1-3H3,(H,24,26)(H,25,27). The van der Waals surface area contributed by atoms with Crippen LogP contribution in [-0.4, -0.2) is 21.7 Å². The highest BCUT2D eigenvalue weighted by Crippen LogP contribution is 2.59. The van der Waals surface area contributed by atoms with Gasteiger partial charge in [-0.3, -0.25) is 9.59 Å². The first-order valence-electron chi connectivity index (χ1n) is 8.93. The molecule has 1 saturated carbocycles. The van der Waals surface area contributed by atoms with Crippen LogP contribution < -0.4 is 15.4 Å². The highest BCUT2D eigenvalue weighted by Gasteiger charge is 2.52. The highest BCUT2D eigenvalue weighted by molar-refractivity contribution is 6.51. The summed E-state index contributed by atoms with van der Waals surface area (Å²) in [4.78, 5) is 23.7. The Kier molecular flexibility index (Phi) is 5.60. The SMILES string of the molecule is CC(=O)Nc1ccc(NC(=O)C(C)(C)Oc2ccc(C3CC3(Cl)Cl)cc2)cc1. The summed E-state index contributed by atoms with van der Waals surface area (Å²) in [5.74, 6) is 0.287. The third-order valence-electron chi connectivity index (χ3n) is 4.49. The summed E-state index contributed by atoms with van der Waals surface area (Å²) in [6, 6.07) is 14.3. The molecule has 0 spiro atoms. The van der Waals surface area contributed by atoms with Gasteiger partial charge in [0.1, 0.15) is 10.1 Å². The van der Waals surface area contributed by atoms with Crippen molar-refractivity contribution in [3.05, 3.63) is 54.1 Å². The molecule has 0 bridgehead atoms. The van der Waals surface area contributed by atoms with E-state index >= 15 is 0 Å². The van der Waals surface area contributed by atoms with Crippen molar-refractivity contribution in [3.63, 3.8) is 0 Å². The molecule has 0 radical (unpaired) electrons. The van der Waals surface area contributed by atoms with Crippen molar-refractivity contribution >= 4 is 46.4 Å². The van der Waals surface area contributed by atoms with E-state index in [0.29, 0.717) is 17.1 Å². The van der Waals surface area contributed by atoms with Crippen molar-refractivity contribution < 1.29 is 14.3 Å². The van der Waals surface area contributed by atoms with E-state index in [2.05, 4.69) is 10.6 Å². The monoisotopic (exact) mass is 420 g/mol. The fourth-order valence-corrected chi connectivity index (χ4v) is 3.37. The van der Waals surface area contributed by atoms with E-state index in [-0.39, 0.29) is 17.7 Å². The molecule has 2 aromatic rings. The van der Waals surface area contributed by atoms with Gasteiger partial charge >= 0.3 is 0 Å². The number of anilines is 2. The second kappa shape index (κ2) is 7.64. The van der Waals surface area contributed by atoms with E-state index in [0.717, 1.165) is 12.0 Å². The molecular formula is C21H22Cl2N2O3. The van der Waals surface area contributed by atoms with Gasteiger partial charge in [0.05, 0.1) is 0 Å². The largest absolute Gasteiger partial charge is 0.478 e. The van der Waals surface area contributed by atoms with Crippen molar-refractivity contribution in [2.45, 2.75) is 43.0 Å². The number of benzene rings is 2. The van der Waals surface area contributed by atoms with E-state index < -0.39 is 9.93 Å². The predicted octanol–water partition coefficient (Wildman–Crippen LogP) is 5.10. The van der Waals surface area contributed by atoms with Crippen molar-refractivity contribution in [1.29, 1.82) is 0 Å². The lowest BCUT2D eigenvalue weighted by Gasteiger charge is -2.25. The summed E-state index contributed by atoms with van der Waals surface area (Å²) in [6.07, 6.45) is 0.741. The van der Waals surface area contributed by atoms with Crippen molar-refractivity contribution in [2.24, 2.45) is 0 Å². The molecule has 1 unspecified atom stereocenters. The number of carbonyl (C=O) groups is 2. The van der Waals surface area contributed by atoms with Gasteiger partial charge in [-0.15, -0.1) is 23.2 Å². The van der Waals surface area contributed by atoms with Crippen LogP contribution in [0.25, 0.3) is 0 Å². The number of ether oxygens (including phenoxy) is 1. The Balaban J connectivity index is 1.60. The Bertz CT molecular complexity index is 878. The molecule has 1 aliphatic carbocycles. The average Bonchev–Trinajstić information content (AvgIpc) is 3.25. The van der Waals surface area contributed by atoms with Gasteiger partial charge in [-0.1, -0.05) is 12.1 Å². The molecule has 7 heteroatoms. The smallest absolute Gasteiger partial charge is 0.267 e. The first-order chi connectivity index (χ1) is 13.1. The molecule has 0 aromatic heterocycles. The van der Waals surface area contributed by atoms with E-state index in [9.17, 15) is 9.59 Å². The minimum absolute atomic E-state index is 0.140. The van der Waals surface area contributed by atoms with Gasteiger partial charge in [-0.25, -0.2) is 0 Å². The molecule has 2 aromatic carbocycles. The summed E-state index contributed by atoms with van der Waals surface area (Å²) in [5, 5.41) is 5.50. The normalized spacial score (nSPS) is 17.5. The number of hydrogen-bond acceptors (Lipinski definition) is 3. The van der Waals surface area contributed by atoms with Crippen LogP contribution >= 0.6 is 23.2 Å². The Morgan fingerprint density at radius 3 is 1.96 bits per heavy atom. The van der Waals surface area contributed by atoms with Crippen LogP contribution in [0, 0.1) is 0 Å². The molecule has 1 fully saturated rings. The molecule has 5 nitrogen and oxygen atoms in total. The number of hydrogen-bond donors (Lipinski definition) is 2. The van der Waals surface area contributed by atoms with Crippen LogP contribution in [-0.2, 0) is 9.59 Å². The number of amides is 2. The lowest BCUT2D eigenvalue weighted by atomic mass is 10.1. The summed E-state index contributed by atoms with van der Waals surface area (Å²) < 4.78 is 5.21. The third kappa shape index (κ3) is 4.97. The summed E-state index contributed by atoms with van der Waals surface area (Å²) >= 11 is 12.2. The zero-order chi connectivity index (χ0) is 20.5. The van der Waals surface area contributed by atoms with E-state index in [1.165, 1.54) is 6.92 Å². The van der Waals surface area contributed by atoms with Gasteiger partial charge in [0, 0.05) is 24.2 Å². The molecule has 0 aliphatic heterocycles. The zero-order valence-electron chi connectivity index (χ0n) is 15.9. The Hall–Kier alpha value is -2.24. The summed E-state index contributed by atoms with van der Waals surface area (Å²) in [6.45, 7) is 4.84. The molecular weight excluding hydrogens is 399 g/mol. The zero-order valence-corrected chi connectivity index (χ0v) is 17.4. The minimum Gasteiger partial charge on any atom is -0.478 e. The molecule has 2 amide bonds. The lowest BCUT2D eigenvalue weighted by Crippen LogP contribution is -2.42. The third-order valence-corrected chi connectivity index (χ3v) is 5.33. The molecule has 28 heavy (non-hydrogen) atoms. The van der Waals surface area contributed by atoms with Crippen LogP contribution in [0.1, 0.15) is 38.7 Å².